The molecule has 7 nitrogen and oxygen atoms in total. The van der Waals surface area contributed by atoms with Gasteiger partial charge in [0.2, 0.25) is 11.8 Å². The molecule has 1 aromatic carbocycles. The van der Waals surface area contributed by atoms with E-state index in [0.717, 1.165) is 12.8 Å². The molecule has 1 fully saturated rings. The predicted octanol–water partition coefficient (Wildman–Crippen LogP) is 2.50. The van der Waals surface area contributed by atoms with Gasteiger partial charge < -0.3 is 20.7 Å². The van der Waals surface area contributed by atoms with Crippen LogP contribution in [0.1, 0.15) is 33.6 Å². The summed E-state index contributed by atoms with van der Waals surface area (Å²) in [4.78, 5) is 35.4. The van der Waals surface area contributed by atoms with Crippen molar-refractivity contribution in [2.75, 3.05) is 17.2 Å². The minimum absolute atomic E-state index is 0.0384. The van der Waals surface area contributed by atoms with E-state index in [0.29, 0.717) is 11.4 Å². The summed E-state index contributed by atoms with van der Waals surface area (Å²) in [5.41, 5.74) is 0.405. The highest BCUT2D eigenvalue weighted by molar-refractivity contribution is 6.01. The van der Waals surface area contributed by atoms with Crippen LogP contribution in [0.4, 0.5) is 16.2 Å². The number of carbonyl (C=O) groups is 3. The van der Waals surface area contributed by atoms with Crippen molar-refractivity contribution in [3.8, 4) is 0 Å². The largest absolute Gasteiger partial charge is 0.444 e. The summed E-state index contributed by atoms with van der Waals surface area (Å²) >= 11 is 0. The van der Waals surface area contributed by atoms with Gasteiger partial charge in [-0.1, -0.05) is 12.1 Å². The molecule has 3 N–H and O–H groups in total. The third kappa shape index (κ3) is 5.91. The Balaban J connectivity index is 1.87. The molecule has 0 unspecified atom stereocenters. The van der Waals surface area contributed by atoms with Crippen molar-refractivity contribution in [3.63, 3.8) is 0 Å². The lowest BCUT2D eigenvalue weighted by atomic mass is 10.2. The monoisotopic (exact) mass is 333 g/mol. The maximum atomic E-state index is 12.0. The van der Waals surface area contributed by atoms with Gasteiger partial charge in [0.15, 0.2) is 0 Å². The van der Waals surface area contributed by atoms with Gasteiger partial charge in [-0.3, -0.25) is 9.59 Å². The minimum Gasteiger partial charge on any atom is -0.444 e. The third-order valence-corrected chi connectivity index (χ3v) is 3.20. The van der Waals surface area contributed by atoms with Crippen LogP contribution in [0.2, 0.25) is 0 Å². The highest BCUT2D eigenvalue weighted by atomic mass is 16.6. The van der Waals surface area contributed by atoms with E-state index in [4.69, 9.17) is 4.74 Å². The molecule has 1 aliphatic rings. The summed E-state index contributed by atoms with van der Waals surface area (Å²) in [6.07, 6.45) is 1.15. The van der Waals surface area contributed by atoms with E-state index in [1.54, 1.807) is 45.0 Å². The van der Waals surface area contributed by atoms with Crippen molar-refractivity contribution in [2.45, 2.75) is 39.2 Å². The smallest absolute Gasteiger partial charge is 0.408 e. The second-order valence-corrected chi connectivity index (χ2v) is 6.71. The Morgan fingerprint density at radius 3 is 2.21 bits per heavy atom. The molecule has 0 spiro atoms. The summed E-state index contributed by atoms with van der Waals surface area (Å²) in [5.74, 6) is -0.375. The Kier molecular flexibility index (Phi) is 5.43. The molecular weight excluding hydrogens is 310 g/mol. The van der Waals surface area contributed by atoms with Gasteiger partial charge in [-0.25, -0.2) is 4.79 Å². The number of anilines is 2. The molecule has 0 radical (unpaired) electrons. The van der Waals surface area contributed by atoms with E-state index in [-0.39, 0.29) is 18.4 Å². The maximum Gasteiger partial charge on any atom is 0.408 e. The topological polar surface area (TPSA) is 96.5 Å². The van der Waals surface area contributed by atoms with Crippen LogP contribution in [0.3, 0.4) is 0 Å². The number of hydrogen-bond acceptors (Lipinski definition) is 4. The average molecular weight is 333 g/mol. The molecule has 1 aliphatic carbocycles. The van der Waals surface area contributed by atoms with Crippen LogP contribution in [-0.2, 0) is 14.3 Å². The van der Waals surface area contributed by atoms with Crippen LogP contribution >= 0.6 is 0 Å². The maximum absolute atomic E-state index is 12.0. The zero-order valence-electron chi connectivity index (χ0n) is 14.1. The lowest BCUT2D eigenvalue weighted by Gasteiger charge is -2.19. The van der Waals surface area contributed by atoms with Gasteiger partial charge >= 0.3 is 6.09 Å². The van der Waals surface area contributed by atoms with Crippen LogP contribution in [0.25, 0.3) is 0 Å². The SMILES string of the molecule is CC(C)(C)OC(=O)NCC(=O)Nc1ccccc1NC(=O)C1CC1. The summed E-state index contributed by atoms with van der Waals surface area (Å²) in [7, 11) is 0. The van der Waals surface area contributed by atoms with Crippen molar-refractivity contribution in [3.05, 3.63) is 24.3 Å². The molecule has 130 valence electrons. The van der Waals surface area contributed by atoms with Gasteiger partial charge in [0.05, 0.1) is 11.4 Å². The molecule has 0 heterocycles. The van der Waals surface area contributed by atoms with E-state index < -0.39 is 17.6 Å². The summed E-state index contributed by atoms with van der Waals surface area (Å²) in [6, 6.07) is 6.94. The molecule has 24 heavy (non-hydrogen) atoms. The summed E-state index contributed by atoms with van der Waals surface area (Å²) in [5, 5.41) is 7.86. The van der Waals surface area contributed by atoms with E-state index in [9.17, 15) is 14.4 Å². The first-order valence-corrected chi connectivity index (χ1v) is 7.91. The number of carbonyl (C=O) groups excluding carboxylic acids is 3. The fourth-order valence-corrected chi connectivity index (χ4v) is 1.94. The molecular formula is C17H23N3O4. The van der Waals surface area contributed by atoms with Crippen molar-refractivity contribution < 1.29 is 19.1 Å². The predicted molar refractivity (Wildman–Crippen MR) is 90.7 cm³/mol. The molecule has 0 aromatic heterocycles. The molecule has 7 heteroatoms. The molecule has 0 bridgehead atoms. The first kappa shape index (κ1) is 17.8. The Hall–Kier alpha value is -2.57. The van der Waals surface area contributed by atoms with Gasteiger partial charge in [0.1, 0.15) is 12.1 Å². The lowest BCUT2D eigenvalue weighted by molar-refractivity contribution is -0.117. The van der Waals surface area contributed by atoms with E-state index in [2.05, 4.69) is 16.0 Å². The standard InChI is InChI=1S/C17H23N3O4/c1-17(2,3)24-16(23)18-10-14(21)19-12-6-4-5-7-13(12)20-15(22)11-8-9-11/h4-7,11H,8-10H2,1-3H3,(H,18,23)(H,19,21)(H,20,22). The number of alkyl carbamates (subject to hydrolysis) is 1. The second-order valence-electron chi connectivity index (χ2n) is 6.71. The van der Waals surface area contributed by atoms with Crippen molar-refractivity contribution >= 4 is 29.3 Å². The zero-order chi connectivity index (χ0) is 17.7. The quantitative estimate of drug-likeness (QED) is 0.771. The number of para-hydroxylation sites is 2. The fraction of sp³-hybridized carbons (Fsp3) is 0.471. The Labute approximate surface area is 141 Å². The lowest BCUT2D eigenvalue weighted by Crippen LogP contribution is -2.37. The average Bonchev–Trinajstić information content (AvgIpc) is 3.30. The van der Waals surface area contributed by atoms with Crippen LogP contribution in [0, 0.1) is 5.92 Å². The molecule has 3 amide bonds. The van der Waals surface area contributed by atoms with E-state index >= 15 is 0 Å². The molecule has 1 aromatic rings. The second kappa shape index (κ2) is 7.33. The first-order chi connectivity index (χ1) is 11.2. The summed E-state index contributed by atoms with van der Waals surface area (Å²) in [6.45, 7) is 5.00. The molecule has 0 atom stereocenters. The van der Waals surface area contributed by atoms with Gasteiger partial charge in [0.25, 0.3) is 0 Å². The van der Waals surface area contributed by atoms with Crippen LogP contribution in [-0.4, -0.2) is 30.1 Å². The van der Waals surface area contributed by atoms with E-state index in [1.807, 2.05) is 0 Å². The normalized spacial score (nSPS) is 13.8. The van der Waals surface area contributed by atoms with E-state index in [1.165, 1.54) is 0 Å². The van der Waals surface area contributed by atoms with Crippen molar-refractivity contribution in [1.29, 1.82) is 0 Å². The highest BCUT2D eigenvalue weighted by Crippen LogP contribution is 2.31. The Bertz CT molecular complexity index is 633. The van der Waals surface area contributed by atoms with Gasteiger partial charge in [-0.05, 0) is 45.7 Å². The fourth-order valence-electron chi connectivity index (χ4n) is 1.94. The number of ether oxygens (including phenoxy) is 1. The molecule has 0 saturated heterocycles. The zero-order valence-corrected chi connectivity index (χ0v) is 14.1. The highest BCUT2D eigenvalue weighted by Gasteiger charge is 2.30. The first-order valence-electron chi connectivity index (χ1n) is 7.91. The Morgan fingerprint density at radius 1 is 1.08 bits per heavy atom. The van der Waals surface area contributed by atoms with Crippen LogP contribution in [0.5, 0.6) is 0 Å². The van der Waals surface area contributed by atoms with Crippen molar-refractivity contribution in [1.82, 2.24) is 5.32 Å². The van der Waals surface area contributed by atoms with Crippen molar-refractivity contribution in [2.24, 2.45) is 5.92 Å². The van der Waals surface area contributed by atoms with Gasteiger partial charge in [-0.2, -0.15) is 0 Å². The van der Waals surface area contributed by atoms with Crippen LogP contribution in [0.15, 0.2) is 24.3 Å². The molecule has 2 rings (SSSR count). The molecule has 1 saturated carbocycles. The number of nitrogens with one attached hydrogen (secondary N) is 3. The van der Waals surface area contributed by atoms with Gasteiger partial charge in [-0.15, -0.1) is 0 Å². The van der Waals surface area contributed by atoms with Crippen LogP contribution < -0.4 is 16.0 Å². The number of rotatable bonds is 5. The number of benzene rings is 1. The van der Waals surface area contributed by atoms with Gasteiger partial charge in [0, 0.05) is 5.92 Å². The summed E-state index contributed by atoms with van der Waals surface area (Å²) < 4.78 is 5.06. The molecule has 0 aliphatic heterocycles. The minimum atomic E-state index is -0.659. The number of hydrogen-bond donors (Lipinski definition) is 3. The Morgan fingerprint density at radius 2 is 1.67 bits per heavy atom. The number of amides is 3. The third-order valence-electron chi connectivity index (χ3n) is 3.20.